The Morgan fingerprint density at radius 3 is 2.59 bits per heavy atom. The summed E-state index contributed by atoms with van der Waals surface area (Å²) in [7, 11) is 3.94. The summed E-state index contributed by atoms with van der Waals surface area (Å²) in [5.74, 6) is 1.05. The molecule has 6 nitrogen and oxygen atoms in total. The van der Waals surface area contributed by atoms with Gasteiger partial charge in [0.05, 0.1) is 5.75 Å². The number of rotatable bonds is 9. The molecule has 124 valence electrons. The minimum absolute atomic E-state index is 0.0279. The third-order valence-corrected chi connectivity index (χ3v) is 4.00. The molecule has 0 aromatic carbocycles. The Hall–Kier alpha value is -1.05. The Kier molecular flexibility index (Phi) is 8.52. The van der Waals surface area contributed by atoms with Crippen LogP contribution < -0.4 is 10.2 Å². The fourth-order valence-corrected chi connectivity index (χ4v) is 2.67. The van der Waals surface area contributed by atoms with Gasteiger partial charge in [0, 0.05) is 32.2 Å². The first-order valence-electron chi connectivity index (χ1n) is 7.30. The quantitative estimate of drug-likeness (QED) is 0.418. The number of anilines is 1. The number of nitrogens with zero attached hydrogens (tertiary/aromatic N) is 4. The van der Waals surface area contributed by atoms with Gasteiger partial charge in [0.1, 0.15) is 11.0 Å². The second-order valence-electron chi connectivity index (χ2n) is 4.95. The molecular weight excluding hydrogens is 322 g/mol. The van der Waals surface area contributed by atoms with Gasteiger partial charge in [-0.05, 0) is 27.9 Å². The minimum Gasteiger partial charge on any atom is -0.357 e. The Morgan fingerprint density at radius 2 is 2.00 bits per heavy atom. The van der Waals surface area contributed by atoms with Gasteiger partial charge in [-0.1, -0.05) is 23.4 Å². The van der Waals surface area contributed by atoms with Gasteiger partial charge in [-0.2, -0.15) is 0 Å². The van der Waals surface area contributed by atoms with E-state index < -0.39 is 0 Å². The average Bonchev–Trinajstić information content (AvgIpc) is 2.45. The zero-order chi connectivity index (χ0) is 16.5. The van der Waals surface area contributed by atoms with Crippen molar-refractivity contribution in [2.24, 2.45) is 0 Å². The molecular formula is C14H24ClN5OS. The molecule has 0 aliphatic rings. The molecule has 0 spiro atoms. The summed E-state index contributed by atoms with van der Waals surface area (Å²) in [6.07, 6.45) is 0. The zero-order valence-electron chi connectivity index (χ0n) is 13.6. The van der Waals surface area contributed by atoms with Crippen LogP contribution in [0.5, 0.6) is 0 Å². The molecule has 1 N–H and O–H groups in total. The van der Waals surface area contributed by atoms with Crippen LogP contribution in [0.25, 0.3) is 0 Å². The Labute approximate surface area is 141 Å². The predicted molar refractivity (Wildman–Crippen MR) is 92.9 cm³/mol. The summed E-state index contributed by atoms with van der Waals surface area (Å²) in [5, 5.41) is 3.78. The molecule has 0 fully saturated rings. The van der Waals surface area contributed by atoms with Gasteiger partial charge in [-0.25, -0.2) is 9.97 Å². The summed E-state index contributed by atoms with van der Waals surface area (Å²) in [6, 6.07) is 1.75. The number of thioether (sulfide) groups is 1. The second-order valence-corrected chi connectivity index (χ2v) is 6.28. The summed E-state index contributed by atoms with van der Waals surface area (Å²) in [5.41, 5.74) is 0. The first kappa shape index (κ1) is 19.0. The van der Waals surface area contributed by atoms with E-state index in [4.69, 9.17) is 11.6 Å². The van der Waals surface area contributed by atoms with E-state index in [-0.39, 0.29) is 11.7 Å². The number of carbonyl (C=O) groups excluding carboxylic acids is 1. The van der Waals surface area contributed by atoms with E-state index in [9.17, 15) is 4.79 Å². The molecule has 0 saturated carbocycles. The van der Waals surface area contributed by atoms with E-state index in [2.05, 4.69) is 34.0 Å². The molecule has 22 heavy (non-hydrogen) atoms. The number of aromatic nitrogens is 2. The molecule has 0 unspecified atom stereocenters. The molecule has 0 atom stereocenters. The van der Waals surface area contributed by atoms with Gasteiger partial charge >= 0.3 is 0 Å². The van der Waals surface area contributed by atoms with Gasteiger partial charge in [-0.15, -0.1) is 0 Å². The van der Waals surface area contributed by atoms with Crippen molar-refractivity contribution in [1.29, 1.82) is 0 Å². The second kappa shape index (κ2) is 9.86. The van der Waals surface area contributed by atoms with Crippen LogP contribution in [-0.2, 0) is 4.79 Å². The number of carbonyl (C=O) groups is 1. The molecule has 0 aliphatic heterocycles. The van der Waals surface area contributed by atoms with Crippen LogP contribution in [0.2, 0.25) is 5.15 Å². The summed E-state index contributed by atoms with van der Waals surface area (Å²) >= 11 is 7.34. The van der Waals surface area contributed by atoms with Crippen LogP contribution in [0.4, 0.5) is 5.82 Å². The van der Waals surface area contributed by atoms with E-state index in [1.165, 1.54) is 11.8 Å². The van der Waals surface area contributed by atoms with Crippen molar-refractivity contribution in [3.8, 4) is 0 Å². The number of hydrogen-bond donors (Lipinski definition) is 1. The summed E-state index contributed by atoms with van der Waals surface area (Å²) in [6.45, 7) is 7.26. The average molecular weight is 346 g/mol. The zero-order valence-corrected chi connectivity index (χ0v) is 15.2. The number of amides is 1. The van der Waals surface area contributed by atoms with Gasteiger partial charge in [0.15, 0.2) is 5.16 Å². The van der Waals surface area contributed by atoms with Crippen LogP contribution in [0.1, 0.15) is 13.8 Å². The maximum Gasteiger partial charge on any atom is 0.230 e. The van der Waals surface area contributed by atoms with Crippen LogP contribution in [0.15, 0.2) is 11.2 Å². The van der Waals surface area contributed by atoms with Crippen LogP contribution in [-0.4, -0.2) is 66.8 Å². The maximum atomic E-state index is 11.8. The number of hydrogen-bond acceptors (Lipinski definition) is 6. The van der Waals surface area contributed by atoms with Crippen molar-refractivity contribution in [3.63, 3.8) is 0 Å². The lowest BCUT2D eigenvalue weighted by molar-refractivity contribution is -0.118. The molecule has 0 radical (unpaired) electrons. The fraction of sp³-hybridized carbons (Fsp3) is 0.643. The third-order valence-electron chi connectivity index (χ3n) is 2.96. The number of nitrogens with one attached hydrogen (secondary N) is 1. The normalized spacial score (nSPS) is 10.8. The van der Waals surface area contributed by atoms with E-state index in [1.807, 2.05) is 19.0 Å². The molecule has 8 heteroatoms. The van der Waals surface area contributed by atoms with E-state index in [0.29, 0.717) is 16.9 Å². The molecule has 0 aliphatic carbocycles. The highest BCUT2D eigenvalue weighted by Gasteiger charge is 2.10. The largest absolute Gasteiger partial charge is 0.357 e. The fourth-order valence-electron chi connectivity index (χ4n) is 1.76. The predicted octanol–water partition coefficient (Wildman–Crippen LogP) is 1.75. The standard InChI is InChI=1S/C14H24ClN5OS/c1-5-20(6-2)12-9-11(15)17-14(18-12)22-10-13(21)16-7-8-19(3)4/h9H,5-8,10H2,1-4H3,(H,16,21). The lowest BCUT2D eigenvalue weighted by Crippen LogP contribution is -2.32. The molecule has 1 heterocycles. The first-order chi connectivity index (χ1) is 10.5. The highest BCUT2D eigenvalue weighted by molar-refractivity contribution is 7.99. The van der Waals surface area contributed by atoms with Crippen LogP contribution in [0, 0.1) is 0 Å². The molecule has 1 amide bonds. The molecule has 1 aromatic rings. The smallest absolute Gasteiger partial charge is 0.230 e. The lowest BCUT2D eigenvalue weighted by Gasteiger charge is -2.20. The molecule has 1 rings (SSSR count). The van der Waals surface area contributed by atoms with Crippen molar-refractivity contribution < 1.29 is 4.79 Å². The van der Waals surface area contributed by atoms with E-state index >= 15 is 0 Å². The minimum atomic E-state index is -0.0279. The Balaban J connectivity index is 2.56. The Morgan fingerprint density at radius 1 is 1.32 bits per heavy atom. The highest BCUT2D eigenvalue weighted by atomic mass is 35.5. The van der Waals surface area contributed by atoms with Crippen molar-refractivity contribution in [2.75, 3.05) is 50.9 Å². The number of likely N-dealkylation sites (N-methyl/N-ethyl adjacent to an activating group) is 1. The van der Waals surface area contributed by atoms with Gasteiger partial charge in [0.2, 0.25) is 5.91 Å². The van der Waals surface area contributed by atoms with Gasteiger partial charge in [0.25, 0.3) is 0 Å². The van der Waals surface area contributed by atoms with Crippen molar-refractivity contribution >= 4 is 35.1 Å². The lowest BCUT2D eigenvalue weighted by atomic mass is 10.4. The molecule has 0 bridgehead atoms. The van der Waals surface area contributed by atoms with Gasteiger partial charge < -0.3 is 15.1 Å². The third kappa shape index (κ3) is 6.81. The van der Waals surface area contributed by atoms with Crippen LogP contribution >= 0.6 is 23.4 Å². The maximum absolute atomic E-state index is 11.8. The molecule has 0 saturated heterocycles. The van der Waals surface area contributed by atoms with Gasteiger partial charge in [-0.3, -0.25) is 4.79 Å². The SMILES string of the molecule is CCN(CC)c1cc(Cl)nc(SCC(=O)NCCN(C)C)n1. The first-order valence-corrected chi connectivity index (χ1v) is 8.66. The van der Waals surface area contributed by atoms with E-state index in [0.717, 1.165) is 25.5 Å². The Bertz CT molecular complexity index is 482. The van der Waals surface area contributed by atoms with Crippen molar-refractivity contribution in [1.82, 2.24) is 20.2 Å². The topological polar surface area (TPSA) is 61.4 Å². The number of halogens is 1. The molecule has 1 aromatic heterocycles. The monoisotopic (exact) mass is 345 g/mol. The summed E-state index contributed by atoms with van der Waals surface area (Å²) < 4.78 is 0. The van der Waals surface area contributed by atoms with Crippen molar-refractivity contribution in [3.05, 3.63) is 11.2 Å². The van der Waals surface area contributed by atoms with Crippen molar-refractivity contribution in [2.45, 2.75) is 19.0 Å². The van der Waals surface area contributed by atoms with Crippen LogP contribution in [0.3, 0.4) is 0 Å². The highest BCUT2D eigenvalue weighted by Crippen LogP contribution is 2.21. The van der Waals surface area contributed by atoms with E-state index in [1.54, 1.807) is 6.07 Å². The summed E-state index contributed by atoms with van der Waals surface area (Å²) in [4.78, 5) is 24.5.